The molecular formula is C14H20N2O5. The number of rotatable bonds is 4. The number of amides is 1. The SMILES string of the molecule is Cc1noc(C(C)C)c1C(=O)N1CCOCC1CC(=O)O. The van der Waals surface area contributed by atoms with Crippen molar-refractivity contribution >= 4 is 11.9 Å². The van der Waals surface area contributed by atoms with Gasteiger partial charge in [0.25, 0.3) is 5.91 Å². The molecule has 0 spiro atoms. The molecule has 1 saturated heterocycles. The summed E-state index contributed by atoms with van der Waals surface area (Å²) in [5, 5.41) is 12.8. The van der Waals surface area contributed by atoms with Crippen LogP contribution in [-0.4, -0.2) is 52.8 Å². The Kier molecular flexibility index (Phi) is 4.62. The number of hydrogen-bond donors (Lipinski definition) is 1. The molecule has 21 heavy (non-hydrogen) atoms. The van der Waals surface area contributed by atoms with Gasteiger partial charge in [0.2, 0.25) is 0 Å². The maximum absolute atomic E-state index is 12.8. The first kappa shape index (κ1) is 15.5. The van der Waals surface area contributed by atoms with Crippen molar-refractivity contribution < 1.29 is 24.0 Å². The van der Waals surface area contributed by atoms with Crippen LogP contribution in [0.25, 0.3) is 0 Å². The van der Waals surface area contributed by atoms with Crippen molar-refractivity contribution in [3.63, 3.8) is 0 Å². The summed E-state index contributed by atoms with van der Waals surface area (Å²) in [6, 6.07) is -0.460. The standard InChI is InChI=1S/C14H20N2O5/c1-8(2)13-12(9(3)15-21-13)14(19)16-4-5-20-7-10(16)6-11(17)18/h8,10H,4-7H2,1-3H3,(H,17,18). The first-order chi connectivity index (χ1) is 9.91. The fraction of sp³-hybridized carbons (Fsp3) is 0.643. The van der Waals surface area contributed by atoms with Gasteiger partial charge in [-0.1, -0.05) is 19.0 Å². The van der Waals surface area contributed by atoms with Crippen LogP contribution in [-0.2, 0) is 9.53 Å². The van der Waals surface area contributed by atoms with E-state index in [0.29, 0.717) is 30.2 Å². The van der Waals surface area contributed by atoms with Gasteiger partial charge in [0.1, 0.15) is 5.56 Å². The Labute approximate surface area is 122 Å². The van der Waals surface area contributed by atoms with Crippen molar-refractivity contribution in [2.24, 2.45) is 0 Å². The summed E-state index contributed by atoms with van der Waals surface area (Å²) in [4.78, 5) is 25.3. The lowest BCUT2D eigenvalue weighted by atomic mass is 10.0. The molecule has 1 aliphatic heterocycles. The lowest BCUT2D eigenvalue weighted by Gasteiger charge is -2.34. The molecule has 1 fully saturated rings. The molecule has 0 aromatic carbocycles. The second kappa shape index (κ2) is 6.26. The van der Waals surface area contributed by atoms with Crippen LogP contribution in [0.15, 0.2) is 4.52 Å². The minimum Gasteiger partial charge on any atom is -0.481 e. The number of nitrogens with zero attached hydrogens (tertiary/aromatic N) is 2. The molecule has 0 saturated carbocycles. The molecule has 1 N–H and O–H groups in total. The molecule has 116 valence electrons. The zero-order valence-corrected chi connectivity index (χ0v) is 12.5. The van der Waals surface area contributed by atoms with Gasteiger partial charge in [-0.25, -0.2) is 0 Å². The first-order valence-electron chi connectivity index (χ1n) is 6.98. The highest BCUT2D eigenvalue weighted by atomic mass is 16.5. The Morgan fingerprint density at radius 2 is 2.19 bits per heavy atom. The highest BCUT2D eigenvalue weighted by molar-refractivity contribution is 5.96. The van der Waals surface area contributed by atoms with Gasteiger partial charge in [-0.15, -0.1) is 0 Å². The number of ether oxygens (including phenoxy) is 1. The summed E-state index contributed by atoms with van der Waals surface area (Å²) in [6.45, 7) is 6.58. The molecule has 2 heterocycles. The minimum absolute atomic E-state index is 0.0316. The number of carboxylic acid groups (broad SMARTS) is 1. The number of carbonyl (C=O) groups is 2. The van der Waals surface area contributed by atoms with Gasteiger partial charge in [-0.2, -0.15) is 0 Å². The molecule has 0 bridgehead atoms. The van der Waals surface area contributed by atoms with Gasteiger partial charge in [0.15, 0.2) is 5.76 Å². The second-order valence-electron chi connectivity index (χ2n) is 5.49. The van der Waals surface area contributed by atoms with E-state index in [9.17, 15) is 9.59 Å². The summed E-state index contributed by atoms with van der Waals surface area (Å²) >= 11 is 0. The van der Waals surface area contributed by atoms with E-state index in [0.717, 1.165) is 0 Å². The zero-order chi connectivity index (χ0) is 15.6. The van der Waals surface area contributed by atoms with Gasteiger partial charge in [0.05, 0.1) is 31.4 Å². The van der Waals surface area contributed by atoms with Gasteiger partial charge in [-0.3, -0.25) is 9.59 Å². The van der Waals surface area contributed by atoms with E-state index < -0.39 is 12.0 Å². The monoisotopic (exact) mass is 296 g/mol. The van der Waals surface area contributed by atoms with Gasteiger partial charge in [0, 0.05) is 12.5 Å². The number of carbonyl (C=O) groups excluding carboxylic acids is 1. The quantitative estimate of drug-likeness (QED) is 0.903. The van der Waals surface area contributed by atoms with Crippen LogP contribution >= 0.6 is 0 Å². The van der Waals surface area contributed by atoms with Crippen molar-refractivity contribution in [2.45, 2.75) is 39.2 Å². The van der Waals surface area contributed by atoms with Crippen LogP contribution in [0.5, 0.6) is 0 Å². The van der Waals surface area contributed by atoms with Crippen LogP contribution in [0.1, 0.15) is 48.0 Å². The normalized spacial score (nSPS) is 19.0. The Bertz CT molecular complexity index is 537. The van der Waals surface area contributed by atoms with Crippen molar-refractivity contribution in [3.05, 3.63) is 17.0 Å². The van der Waals surface area contributed by atoms with Crippen molar-refractivity contribution in [3.8, 4) is 0 Å². The Morgan fingerprint density at radius 3 is 2.81 bits per heavy atom. The largest absolute Gasteiger partial charge is 0.481 e. The fourth-order valence-electron chi connectivity index (χ4n) is 2.48. The maximum atomic E-state index is 12.8. The Morgan fingerprint density at radius 1 is 1.48 bits per heavy atom. The van der Waals surface area contributed by atoms with Crippen LogP contribution in [0.4, 0.5) is 0 Å². The minimum atomic E-state index is -0.950. The molecule has 1 aromatic rings. The molecule has 7 heteroatoms. The van der Waals surface area contributed by atoms with Crippen LogP contribution in [0.2, 0.25) is 0 Å². The fourth-order valence-corrected chi connectivity index (χ4v) is 2.48. The first-order valence-corrected chi connectivity index (χ1v) is 6.98. The number of aryl methyl sites for hydroxylation is 1. The molecule has 1 amide bonds. The van der Waals surface area contributed by atoms with Crippen molar-refractivity contribution in [1.29, 1.82) is 0 Å². The van der Waals surface area contributed by atoms with E-state index >= 15 is 0 Å². The van der Waals surface area contributed by atoms with Crippen LogP contribution < -0.4 is 0 Å². The third kappa shape index (κ3) is 3.24. The highest BCUT2D eigenvalue weighted by Gasteiger charge is 2.33. The number of morpholine rings is 1. The number of aliphatic carboxylic acids is 1. The van der Waals surface area contributed by atoms with Gasteiger partial charge in [-0.05, 0) is 6.92 Å². The number of hydrogen-bond acceptors (Lipinski definition) is 5. The van der Waals surface area contributed by atoms with Crippen LogP contribution in [0.3, 0.4) is 0 Å². The average Bonchev–Trinajstić information content (AvgIpc) is 2.80. The summed E-state index contributed by atoms with van der Waals surface area (Å²) in [6.07, 6.45) is -0.132. The van der Waals surface area contributed by atoms with E-state index in [1.807, 2.05) is 13.8 Å². The van der Waals surface area contributed by atoms with Gasteiger partial charge >= 0.3 is 5.97 Å². The van der Waals surface area contributed by atoms with E-state index in [1.165, 1.54) is 0 Å². The third-order valence-corrected chi connectivity index (χ3v) is 3.53. The van der Waals surface area contributed by atoms with Crippen molar-refractivity contribution in [2.75, 3.05) is 19.8 Å². The Balaban J connectivity index is 2.29. The molecule has 2 rings (SSSR count). The summed E-state index contributed by atoms with van der Waals surface area (Å²) in [5.74, 6) is -0.608. The molecule has 1 aromatic heterocycles. The third-order valence-electron chi connectivity index (χ3n) is 3.53. The van der Waals surface area contributed by atoms with Gasteiger partial charge < -0.3 is 19.3 Å². The average molecular weight is 296 g/mol. The Hall–Kier alpha value is -1.89. The molecule has 1 unspecified atom stereocenters. The van der Waals surface area contributed by atoms with E-state index in [-0.39, 0.29) is 24.9 Å². The molecule has 0 radical (unpaired) electrons. The molecular weight excluding hydrogens is 276 g/mol. The van der Waals surface area contributed by atoms with E-state index in [4.69, 9.17) is 14.4 Å². The molecule has 1 atom stereocenters. The highest BCUT2D eigenvalue weighted by Crippen LogP contribution is 2.25. The predicted molar refractivity (Wildman–Crippen MR) is 73.2 cm³/mol. The molecule has 0 aliphatic carbocycles. The maximum Gasteiger partial charge on any atom is 0.305 e. The summed E-state index contributed by atoms with van der Waals surface area (Å²) < 4.78 is 10.5. The lowest BCUT2D eigenvalue weighted by Crippen LogP contribution is -2.49. The lowest BCUT2D eigenvalue weighted by molar-refractivity contribution is -0.139. The molecule has 1 aliphatic rings. The van der Waals surface area contributed by atoms with Crippen LogP contribution in [0, 0.1) is 6.92 Å². The topological polar surface area (TPSA) is 92.9 Å². The van der Waals surface area contributed by atoms with E-state index in [2.05, 4.69) is 5.16 Å². The summed E-state index contributed by atoms with van der Waals surface area (Å²) in [7, 11) is 0. The predicted octanol–water partition coefficient (Wildman–Crippen LogP) is 1.42. The zero-order valence-electron chi connectivity index (χ0n) is 12.5. The number of aromatic nitrogens is 1. The number of carboxylic acids is 1. The smallest absolute Gasteiger partial charge is 0.305 e. The van der Waals surface area contributed by atoms with E-state index in [1.54, 1.807) is 11.8 Å². The second-order valence-corrected chi connectivity index (χ2v) is 5.49. The van der Waals surface area contributed by atoms with Crippen molar-refractivity contribution in [1.82, 2.24) is 10.1 Å². The molecule has 7 nitrogen and oxygen atoms in total. The summed E-state index contributed by atoms with van der Waals surface area (Å²) in [5.41, 5.74) is 0.978.